The molecule has 0 radical (unpaired) electrons. The predicted octanol–water partition coefficient (Wildman–Crippen LogP) is 9.12. The number of benzene rings is 1. The zero-order valence-corrected chi connectivity index (χ0v) is 20.5. The molecule has 1 unspecified atom stereocenters. The van der Waals surface area contributed by atoms with Crippen LogP contribution in [0.25, 0.3) is 11.3 Å². The summed E-state index contributed by atoms with van der Waals surface area (Å²) in [7, 11) is 0. The molecule has 3 heteroatoms. The number of rotatable bonds is 18. The van der Waals surface area contributed by atoms with Crippen LogP contribution >= 0.6 is 0 Å². The standard InChI is InChI=1S/C29H44FNO/c1-3-5-7-9-10-11-15-27(30)16-13-14-25-17-22-29(31-24-25)26-18-20-28(21-19-26)32-23-12-8-6-4-2/h17-22,24,27H,3-16,23H2,1-2H3. The fourth-order valence-corrected chi connectivity index (χ4v) is 4.00. The lowest BCUT2D eigenvalue weighted by atomic mass is 10.0. The number of ether oxygens (including phenoxy) is 1. The van der Waals surface area contributed by atoms with Gasteiger partial charge in [0.2, 0.25) is 0 Å². The van der Waals surface area contributed by atoms with E-state index in [4.69, 9.17) is 4.74 Å². The summed E-state index contributed by atoms with van der Waals surface area (Å²) in [6, 6.07) is 12.4. The Bertz CT molecular complexity index is 698. The third kappa shape index (κ3) is 11.1. The van der Waals surface area contributed by atoms with Gasteiger partial charge < -0.3 is 4.74 Å². The molecule has 0 amide bonds. The molecular formula is C29H44FNO. The van der Waals surface area contributed by atoms with Crippen molar-refractivity contribution in [1.82, 2.24) is 4.98 Å². The summed E-state index contributed by atoms with van der Waals surface area (Å²) in [6.45, 7) is 5.23. The van der Waals surface area contributed by atoms with E-state index in [0.717, 1.165) is 55.7 Å². The lowest BCUT2D eigenvalue weighted by molar-refractivity contribution is 0.282. The number of pyridine rings is 1. The van der Waals surface area contributed by atoms with Gasteiger partial charge >= 0.3 is 0 Å². The van der Waals surface area contributed by atoms with Crippen molar-refractivity contribution >= 4 is 0 Å². The van der Waals surface area contributed by atoms with Crippen LogP contribution in [0.2, 0.25) is 0 Å². The zero-order chi connectivity index (χ0) is 22.9. The van der Waals surface area contributed by atoms with Gasteiger partial charge in [0.25, 0.3) is 0 Å². The van der Waals surface area contributed by atoms with Crippen molar-refractivity contribution in [1.29, 1.82) is 0 Å². The van der Waals surface area contributed by atoms with Crippen molar-refractivity contribution in [2.24, 2.45) is 0 Å². The summed E-state index contributed by atoms with van der Waals surface area (Å²) in [5.74, 6) is 0.920. The van der Waals surface area contributed by atoms with Crippen LogP contribution in [0.4, 0.5) is 4.39 Å². The number of alkyl halides is 1. The molecular weight excluding hydrogens is 397 g/mol. The highest BCUT2D eigenvalue weighted by molar-refractivity contribution is 5.60. The van der Waals surface area contributed by atoms with Crippen molar-refractivity contribution in [3.63, 3.8) is 0 Å². The van der Waals surface area contributed by atoms with Crippen molar-refractivity contribution in [2.45, 2.75) is 110 Å². The Hall–Kier alpha value is -1.90. The second kappa shape index (κ2) is 16.7. The molecule has 1 aromatic carbocycles. The van der Waals surface area contributed by atoms with Gasteiger partial charge in [-0.15, -0.1) is 0 Å². The quantitative estimate of drug-likeness (QED) is 0.215. The molecule has 1 atom stereocenters. The van der Waals surface area contributed by atoms with Gasteiger partial charge in [0.05, 0.1) is 12.3 Å². The molecule has 0 saturated carbocycles. The molecule has 0 aliphatic heterocycles. The Labute approximate surface area is 196 Å². The van der Waals surface area contributed by atoms with E-state index in [1.807, 2.05) is 18.3 Å². The van der Waals surface area contributed by atoms with Crippen LogP contribution < -0.4 is 4.74 Å². The molecule has 0 N–H and O–H groups in total. The minimum Gasteiger partial charge on any atom is -0.494 e. The summed E-state index contributed by atoms with van der Waals surface area (Å²) < 4.78 is 19.9. The van der Waals surface area contributed by atoms with Crippen LogP contribution in [-0.4, -0.2) is 17.8 Å². The Morgan fingerprint density at radius 3 is 2.09 bits per heavy atom. The molecule has 32 heavy (non-hydrogen) atoms. The van der Waals surface area contributed by atoms with Gasteiger partial charge in [-0.2, -0.15) is 0 Å². The van der Waals surface area contributed by atoms with Gasteiger partial charge in [-0.3, -0.25) is 4.98 Å². The molecule has 0 aliphatic carbocycles. The zero-order valence-electron chi connectivity index (χ0n) is 20.5. The van der Waals surface area contributed by atoms with Crippen LogP contribution in [0, 0.1) is 0 Å². The maximum Gasteiger partial charge on any atom is 0.119 e. The monoisotopic (exact) mass is 441 g/mol. The fourth-order valence-electron chi connectivity index (χ4n) is 4.00. The first-order valence-corrected chi connectivity index (χ1v) is 13.0. The Kier molecular flexibility index (Phi) is 13.7. The second-order valence-electron chi connectivity index (χ2n) is 9.03. The third-order valence-electron chi connectivity index (χ3n) is 6.10. The average molecular weight is 442 g/mol. The molecule has 0 bridgehead atoms. The molecule has 2 nitrogen and oxygen atoms in total. The number of hydrogen-bond acceptors (Lipinski definition) is 2. The number of hydrogen-bond donors (Lipinski definition) is 0. The maximum absolute atomic E-state index is 14.1. The molecule has 178 valence electrons. The summed E-state index contributed by atoms with van der Waals surface area (Å²) in [5, 5.41) is 0. The topological polar surface area (TPSA) is 22.1 Å². The van der Waals surface area contributed by atoms with Crippen LogP contribution in [0.3, 0.4) is 0 Å². The highest BCUT2D eigenvalue weighted by atomic mass is 19.1. The van der Waals surface area contributed by atoms with E-state index in [1.54, 1.807) is 0 Å². The van der Waals surface area contributed by atoms with E-state index < -0.39 is 6.17 Å². The number of unbranched alkanes of at least 4 members (excludes halogenated alkanes) is 8. The van der Waals surface area contributed by atoms with Gasteiger partial charge in [-0.05, 0) is 68.0 Å². The highest BCUT2D eigenvalue weighted by Gasteiger charge is 2.07. The van der Waals surface area contributed by atoms with E-state index in [2.05, 4.69) is 43.1 Å². The van der Waals surface area contributed by atoms with Crippen LogP contribution in [0.1, 0.15) is 103 Å². The summed E-state index contributed by atoms with van der Waals surface area (Å²) in [4.78, 5) is 4.62. The maximum atomic E-state index is 14.1. The number of halogens is 1. The van der Waals surface area contributed by atoms with E-state index in [9.17, 15) is 4.39 Å². The lowest BCUT2D eigenvalue weighted by Crippen LogP contribution is -2.01. The first-order chi connectivity index (χ1) is 15.7. The van der Waals surface area contributed by atoms with Gasteiger partial charge in [-0.25, -0.2) is 4.39 Å². The number of aromatic nitrogens is 1. The molecule has 2 rings (SSSR count). The van der Waals surface area contributed by atoms with E-state index >= 15 is 0 Å². The van der Waals surface area contributed by atoms with Crippen LogP contribution in [0.5, 0.6) is 5.75 Å². The molecule has 2 aromatic rings. The van der Waals surface area contributed by atoms with Crippen molar-refractivity contribution in [3.8, 4) is 17.0 Å². The van der Waals surface area contributed by atoms with E-state index in [0.29, 0.717) is 6.42 Å². The Balaban J connectivity index is 1.65. The molecule has 0 saturated heterocycles. The Morgan fingerprint density at radius 1 is 0.750 bits per heavy atom. The minimum absolute atomic E-state index is 0.652. The van der Waals surface area contributed by atoms with E-state index in [1.165, 1.54) is 56.9 Å². The molecule has 0 spiro atoms. The van der Waals surface area contributed by atoms with E-state index in [-0.39, 0.29) is 0 Å². The van der Waals surface area contributed by atoms with Gasteiger partial charge in [-0.1, -0.05) is 77.7 Å². The summed E-state index contributed by atoms with van der Waals surface area (Å²) >= 11 is 0. The fraction of sp³-hybridized carbons (Fsp3) is 0.621. The van der Waals surface area contributed by atoms with Crippen molar-refractivity contribution in [3.05, 3.63) is 48.2 Å². The lowest BCUT2D eigenvalue weighted by Gasteiger charge is -2.09. The van der Waals surface area contributed by atoms with Crippen molar-refractivity contribution < 1.29 is 9.13 Å². The normalized spacial score (nSPS) is 12.1. The van der Waals surface area contributed by atoms with Crippen LogP contribution in [-0.2, 0) is 6.42 Å². The summed E-state index contributed by atoms with van der Waals surface area (Å²) in [6.07, 6.45) is 16.7. The molecule has 0 aliphatic rings. The summed E-state index contributed by atoms with van der Waals surface area (Å²) in [5.41, 5.74) is 3.25. The second-order valence-corrected chi connectivity index (χ2v) is 9.03. The molecule has 1 heterocycles. The van der Waals surface area contributed by atoms with Crippen LogP contribution in [0.15, 0.2) is 42.6 Å². The number of nitrogens with zero attached hydrogens (tertiary/aromatic N) is 1. The first kappa shape index (κ1) is 26.4. The average Bonchev–Trinajstić information content (AvgIpc) is 2.82. The molecule has 1 aromatic heterocycles. The van der Waals surface area contributed by atoms with Gasteiger partial charge in [0.1, 0.15) is 11.9 Å². The highest BCUT2D eigenvalue weighted by Crippen LogP contribution is 2.22. The van der Waals surface area contributed by atoms with Crippen molar-refractivity contribution in [2.75, 3.05) is 6.61 Å². The third-order valence-corrected chi connectivity index (χ3v) is 6.10. The van der Waals surface area contributed by atoms with Gasteiger partial charge in [0.15, 0.2) is 0 Å². The predicted molar refractivity (Wildman–Crippen MR) is 135 cm³/mol. The minimum atomic E-state index is -0.652. The smallest absolute Gasteiger partial charge is 0.119 e. The number of aryl methyl sites for hydroxylation is 1. The largest absolute Gasteiger partial charge is 0.494 e. The Morgan fingerprint density at radius 2 is 1.41 bits per heavy atom. The molecule has 0 fully saturated rings. The SMILES string of the molecule is CCCCCCCCC(F)CCCc1ccc(-c2ccc(OCCCCCC)cc2)nc1. The van der Waals surface area contributed by atoms with Gasteiger partial charge in [0, 0.05) is 11.8 Å². The first-order valence-electron chi connectivity index (χ1n) is 13.0.